The van der Waals surface area contributed by atoms with Crippen LogP contribution in [-0.2, 0) is 6.42 Å². The number of ether oxygens (including phenoxy) is 1. The van der Waals surface area contributed by atoms with Crippen LogP contribution in [-0.4, -0.2) is 37.9 Å². The van der Waals surface area contributed by atoms with E-state index in [1.54, 1.807) is 0 Å². The van der Waals surface area contributed by atoms with E-state index < -0.39 is 0 Å². The number of hydrogen-bond acceptors (Lipinski definition) is 3. The number of hydrogen-bond donors (Lipinski definition) is 0. The Labute approximate surface area is 109 Å². The van der Waals surface area contributed by atoms with Gasteiger partial charge in [-0.05, 0) is 39.4 Å². The van der Waals surface area contributed by atoms with E-state index in [1.165, 1.54) is 0 Å². The van der Waals surface area contributed by atoms with Gasteiger partial charge in [-0.25, -0.2) is 0 Å². The Bertz CT molecular complexity index is 427. The van der Waals surface area contributed by atoms with Crippen molar-refractivity contribution in [2.24, 2.45) is 0 Å². The van der Waals surface area contributed by atoms with Crippen molar-refractivity contribution in [1.29, 1.82) is 0 Å². The van der Waals surface area contributed by atoms with E-state index in [4.69, 9.17) is 4.74 Å². The van der Waals surface area contributed by atoms with Gasteiger partial charge in [-0.15, -0.1) is 0 Å². The van der Waals surface area contributed by atoms with E-state index in [1.807, 2.05) is 18.2 Å². The molecule has 1 aliphatic carbocycles. The summed E-state index contributed by atoms with van der Waals surface area (Å²) in [6.45, 7) is 1.73. The molecule has 0 aromatic heterocycles. The lowest BCUT2D eigenvalue weighted by atomic mass is 9.90. The molecule has 0 unspecified atom stereocenters. The molecule has 0 saturated carbocycles. The van der Waals surface area contributed by atoms with Crippen LogP contribution in [0, 0.1) is 0 Å². The first kappa shape index (κ1) is 13.1. The van der Waals surface area contributed by atoms with Gasteiger partial charge in [0, 0.05) is 24.1 Å². The second kappa shape index (κ2) is 6.01. The first-order valence-electron chi connectivity index (χ1n) is 6.61. The van der Waals surface area contributed by atoms with Crippen molar-refractivity contribution in [3.8, 4) is 5.75 Å². The van der Waals surface area contributed by atoms with E-state index >= 15 is 0 Å². The molecule has 0 saturated heterocycles. The monoisotopic (exact) mass is 247 g/mol. The van der Waals surface area contributed by atoms with Gasteiger partial charge in [-0.1, -0.05) is 12.1 Å². The third-order valence-electron chi connectivity index (χ3n) is 3.27. The van der Waals surface area contributed by atoms with Gasteiger partial charge in [0.25, 0.3) is 0 Å². The fourth-order valence-electron chi connectivity index (χ4n) is 2.34. The summed E-state index contributed by atoms with van der Waals surface area (Å²) in [4.78, 5) is 13.9. The van der Waals surface area contributed by atoms with Crippen LogP contribution in [0.2, 0.25) is 0 Å². The average molecular weight is 247 g/mol. The number of rotatable bonds is 5. The fraction of sp³-hybridized carbons (Fsp3) is 0.533. The Morgan fingerprint density at radius 2 is 2.11 bits per heavy atom. The second-order valence-electron chi connectivity index (χ2n) is 5.06. The first-order chi connectivity index (χ1) is 8.68. The largest absolute Gasteiger partial charge is 0.493 e. The lowest BCUT2D eigenvalue weighted by Gasteiger charge is -2.19. The molecule has 1 aromatic rings. The number of nitrogens with zero attached hydrogens (tertiary/aromatic N) is 1. The summed E-state index contributed by atoms with van der Waals surface area (Å²) >= 11 is 0. The standard InChI is InChI=1S/C15H21NO2/c1-16(2)10-5-11-18-15-9-4-6-12-13(15)7-3-8-14(12)17/h4,6,9H,3,5,7-8,10-11H2,1-2H3. The van der Waals surface area contributed by atoms with Gasteiger partial charge in [0.05, 0.1) is 6.61 Å². The van der Waals surface area contributed by atoms with Crippen molar-refractivity contribution in [2.45, 2.75) is 25.7 Å². The van der Waals surface area contributed by atoms with E-state index in [2.05, 4.69) is 19.0 Å². The van der Waals surface area contributed by atoms with Gasteiger partial charge in [0.1, 0.15) is 5.75 Å². The molecule has 98 valence electrons. The van der Waals surface area contributed by atoms with Crippen LogP contribution in [0.15, 0.2) is 18.2 Å². The maximum absolute atomic E-state index is 11.8. The minimum atomic E-state index is 0.259. The zero-order chi connectivity index (χ0) is 13.0. The van der Waals surface area contributed by atoms with Crippen molar-refractivity contribution in [3.63, 3.8) is 0 Å². The van der Waals surface area contributed by atoms with Crippen LogP contribution in [0.4, 0.5) is 0 Å². The number of benzene rings is 1. The van der Waals surface area contributed by atoms with Crippen molar-refractivity contribution < 1.29 is 9.53 Å². The molecule has 2 rings (SSSR count). The highest BCUT2D eigenvalue weighted by atomic mass is 16.5. The van der Waals surface area contributed by atoms with Crippen LogP contribution < -0.4 is 4.74 Å². The molecule has 18 heavy (non-hydrogen) atoms. The smallest absolute Gasteiger partial charge is 0.163 e. The summed E-state index contributed by atoms with van der Waals surface area (Å²) in [5, 5.41) is 0. The van der Waals surface area contributed by atoms with E-state index in [9.17, 15) is 4.79 Å². The predicted octanol–water partition coefficient (Wildman–Crippen LogP) is 2.54. The summed E-state index contributed by atoms with van der Waals surface area (Å²) < 4.78 is 5.82. The van der Waals surface area contributed by atoms with Crippen molar-refractivity contribution in [2.75, 3.05) is 27.2 Å². The molecule has 0 amide bonds. The third kappa shape index (κ3) is 3.10. The lowest BCUT2D eigenvalue weighted by Crippen LogP contribution is -2.16. The number of carbonyl (C=O) groups is 1. The first-order valence-corrected chi connectivity index (χ1v) is 6.61. The molecule has 0 atom stereocenters. The molecule has 3 heteroatoms. The zero-order valence-electron chi connectivity index (χ0n) is 11.2. The third-order valence-corrected chi connectivity index (χ3v) is 3.27. The number of fused-ring (bicyclic) bond motifs is 1. The Kier molecular flexibility index (Phi) is 4.37. The SMILES string of the molecule is CN(C)CCCOc1cccc2c1CCCC2=O. The van der Waals surface area contributed by atoms with Gasteiger partial charge in [-0.3, -0.25) is 4.79 Å². The van der Waals surface area contributed by atoms with E-state index in [0.29, 0.717) is 13.0 Å². The van der Waals surface area contributed by atoms with E-state index in [0.717, 1.165) is 42.7 Å². The maximum Gasteiger partial charge on any atom is 0.163 e. The highest BCUT2D eigenvalue weighted by molar-refractivity contribution is 5.99. The van der Waals surface area contributed by atoms with E-state index in [-0.39, 0.29) is 5.78 Å². The number of carbonyl (C=O) groups excluding carboxylic acids is 1. The molecular weight excluding hydrogens is 226 g/mol. The summed E-state index contributed by atoms with van der Waals surface area (Å²) in [6.07, 6.45) is 3.59. The Hall–Kier alpha value is -1.35. The molecule has 0 fully saturated rings. The fourth-order valence-corrected chi connectivity index (χ4v) is 2.34. The Morgan fingerprint density at radius 1 is 1.28 bits per heavy atom. The van der Waals surface area contributed by atoms with Gasteiger partial charge < -0.3 is 9.64 Å². The molecule has 0 heterocycles. The van der Waals surface area contributed by atoms with Crippen LogP contribution >= 0.6 is 0 Å². The van der Waals surface area contributed by atoms with Gasteiger partial charge in [-0.2, -0.15) is 0 Å². The van der Waals surface area contributed by atoms with Gasteiger partial charge >= 0.3 is 0 Å². The number of ketones is 1. The minimum Gasteiger partial charge on any atom is -0.493 e. The molecule has 0 spiro atoms. The molecule has 3 nitrogen and oxygen atoms in total. The molecule has 0 radical (unpaired) electrons. The second-order valence-corrected chi connectivity index (χ2v) is 5.06. The van der Waals surface area contributed by atoms with Crippen LogP contribution in [0.25, 0.3) is 0 Å². The van der Waals surface area contributed by atoms with Gasteiger partial charge in [0.2, 0.25) is 0 Å². The molecule has 1 aliphatic rings. The summed E-state index contributed by atoms with van der Waals surface area (Å²) in [7, 11) is 4.12. The normalized spacial score (nSPS) is 14.7. The summed E-state index contributed by atoms with van der Waals surface area (Å²) in [5.74, 6) is 1.16. The van der Waals surface area contributed by atoms with Gasteiger partial charge in [0.15, 0.2) is 5.78 Å². The highest BCUT2D eigenvalue weighted by Crippen LogP contribution is 2.29. The Morgan fingerprint density at radius 3 is 2.89 bits per heavy atom. The number of Topliss-reactive ketones (excluding diaryl/α,β-unsaturated/α-hetero) is 1. The van der Waals surface area contributed by atoms with Crippen LogP contribution in [0.1, 0.15) is 35.2 Å². The van der Waals surface area contributed by atoms with Crippen LogP contribution in [0.3, 0.4) is 0 Å². The predicted molar refractivity (Wildman–Crippen MR) is 72.4 cm³/mol. The zero-order valence-corrected chi connectivity index (χ0v) is 11.2. The summed E-state index contributed by atoms with van der Waals surface area (Å²) in [6, 6.07) is 5.82. The Balaban J connectivity index is 2.00. The quantitative estimate of drug-likeness (QED) is 0.749. The highest BCUT2D eigenvalue weighted by Gasteiger charge is 2.19. The average Bonchev–Trinajstić information content (AvgIpc) is 2.35. The topological polar surface area (TPSA) is 29.5 Å². The molecule has 1 aromatic carbocycles. The van der Waals surface area contributed by atoms with Crippen LogP contribution in [0.5, 0.6) is 5.75 Å². The molecular formula is C15H21NO2. The maximum atomic E-state index is 11.8. The molecule has 0 N–H and O–H groups in total. The summed E-state index contributed by atoms with van der Waals surface area (Å²) in [5.41, 5.74) is 1.98. The van der Waals surface area contributed by atoms with Crippen molar-refractivity contribution in [1.82, 2.24) is 4.90 Å². The van der Waals surface area contributed by atoms with Crippen molar-refractivity contribution in [3.05, 3.63) is 29.3 Å². The molecule has 0 aliphatic heterocycles. The minimum absolute atomic E-state index is 0.259. The lowest BCUT2D eigenvalue weighted by molar-refractivity contribution is 0.0971. The molecule has 0 bridgehead atoms. The van der Waals surface area contributed by atoms with Crippen molar-refractivity contribution >= 4 is 5.78 Å².